The molecule has 4 nitrogen and oxygen atoms in total. The largest absolute Gasteiger partial charge is 0.417 e. The second-order valence-electron chi connectivity index (χ2n) is 5.26. The highest BCUT2D eigenvalue weighted by Gasteiger charge is 2.30. The predicted octanol–water partition coefficient (Wildman–Crippen LogP) is 3.76. The number of hydrogen-bond acceptors (Lipinski definition) is 3. The molecule has 0 spiro atoms. The quantitative estimate of drug-likeness (QED) is 0.575. The molecule has 0 bridgehead atoms. The van der Waals surface area contributed by atoms with Crippen LogP contribution < -0.4 is 0 Å². The highest BCUT2D eigenvalue weighted by atomic mass is 19.4. The van der Waals surface area contributed by atoms with Crippen molar-refractivity contribution in [1.82, 2.24) is 14.8 Å². The number of hydrogen-bond donors (Lipinski definition) is 0. The minimum absolute atomic E-state index is 0.344. The van der Waals surface area contributed by atoms with E-state index >= 15 is 0 Å². The second kappa shape index (κ2) is 7.39. The van der Waals surface area contributed by atoms with Gasteiger partial charge in [0.2, 0.25) is 0 Å². The molecule has 0 unspecified atom stereocenters. The summed E-state index contributed by atoms with van der Waals surface area (Å²) in [4.78, 5) is 14.3. The molecule has 0 aliphatic carbocycles. The van der Waals surface area contributed by atoms with Gasteiger partial charge in [-0.15, -0.1) is 0 Å². The van der Waals surface area contributed by atoms with E-state index in [1.54, 1.807) is 6.20 Å². The van der Waals surface area contributed by atoms with E-state index in [-0.39, 0.29) is 0 Å². The molecule has 2 aromatic heterocycles. The standard InChI is InChI=1S/C16H18F3N3O/c1-2-5-14-12(6-3-4-9-23)11-22(21-14)15-8-7-13(10-20-15)16(17,18)19/h7-11H,2-6H2,1H3. The molecule has 0 fully saturated rings. The number of pyridine rings is 1. The van der Waals surface area contributed by atoms with Gasteiger partial charge in [0.15, 0.2) is 5.82 Å². The van der Waals surface area contributed by atoms with Crippen LogP contribution in [0.3, 0.4) is 0 Å². The third-order valence-electron chi connectivity index (χ3n) is 3.44. The summed E-state index contributed by atoms with van der Waals surface area (Å²) < 4.78 is 39.2. The zero-order valence-corrected chi connectivity index (χ0v) is 12.8. The van der Waals surface area contributed by atoms with Crippen molar-refractivity contribution < 1.29 is 18.0 Å². The Bertz CT molecular complexity index is 648. The van der Waals surface area contributed by atoms with Gasteiger partial charge in [0, 0.05) is 18.8 Å². The molecule has 0 atom stereocenters. The molecule has 2 heterocycles. The molecule has 0 aromatic carbocycles. The van der Waals surface area contributed by atoms with Gasteiger partial charge in [0.25, 0.3) is 0 Å². The number of nitrogens with zero attached hydrogens (tertiary/aromatic N) is 3. The van der Waals surface area contributed by atoms with Crippen molar-refractivity contribution in [1.29, 1.82) is 0 Å². The Labute approximate surface area is 132 Å². The summed E-state index contributed by atoms with van der Waals surface area (Å²) in [6.07, 6.45) is 2.69. The summed E-state index contributed by atoms with van der Waals surface area (Å²) in [5.41, 5.74) is 1.13. The number of aromatic nitrogens is 3. The lowest BCUT2D eigenvalue weighted by molar-refractivity contribution is -0.137. The Hall–Kier alpha value is -2.18. The second-order valence-corrected chi connectivity index (χ2v) is 5.26. The fraction of sp³-hybridized carbons (Fsp3) is 0.438. The van der Waals surface area contributed by atoms with Crippen LogP contribution in [0.5, 0.6) is 0 Å². The van der Waals surface area contributed by atoms with Crippen molar-refractivity contribution in [3.05, 3.63) is 41.3 Å². The summed E-state index contributed by atoms with van der Waals surface area (Å²) in [6.45, 7) is 2.03. The minimum atomic E-state index is -4.40. The van der Waals surface area contributed by atoms with Gasteiger partial charge in [-0.2, -0.15) is 18.3 Å². The highest BCUT2D eigenvalue weighted by Crippen LogP contribution is 2.28. The third-order valence-corrected chi connectivity index (χ3v) is 3.44. The lowest BCUT2D eigenvalue weighted by Gasteiger charge is -2.06. The first kappa shape index (κ1) is 17.2. The first-order valence-electron chi connectivity index (χ1n) is 7.50. The van der Waals surface area contributed by atoms with Crippen molar-refractivity contribution in [2.75, 3.05) is 0 Å². The van der Waals surface area contributed by atoms with Crippen molar-refractivity contribution in [3.63, 3.8) is 0 Å². The number of carbonyl (C=O) groups excluding carboxylic acids is 1. The molecule has 0 radical (unpaired) electrons. The van der Waals surface area contributed by atoms with Crippen molar-refractivity contribution in [2.45, 2.75) is 45.2 Å². The lowest BCUT2D eigenvalue weighted by Crippen LogP contribution is -2.07. The molecule has 124 valence electrons. The van der Waals surface area contributed by atoms with Gasteiger partial charge in [-0.05, 0) is 37.0 Å². The molecule has 0 amide bonds. The topological polar surface area (TPSA) is 47.8 Å². The maximum Gasteiger partial charge on any atom is 0.417 e. The summed E-state index contributed by atoms with van der Waals surface area (Å²) in [6, 6.07) is 2.30. The van der Waals surface area contributed by atoms with Gasteiger partial charge in [0.1, 0.15) is 6.29 Å². The summed E-state index contributed by atoms with van der Waals surface area (Å²) >= 11 is 0. The Kier molecular flexibility index (Phi) is 5.52. The summed E-state index contributed by atoms with van der Waals surface area (Å²) in [5, 5.41) is 4.43. The zero-order chi connectivity index (χ0) is 16.9. The predicted molar refractivity (Wildman–Crippen MR) is 79.4 cm³/mol. The molecule has 23 heavy (non-hydrogen) atoms. The number of aldehydes is 1. The van der Waals surface area contributed by atoms with E-state index in [1.165, 1.54) is 10.7 Å². The van der Waals surface area contributed by atoms with Gasteiger partial charge in [-0.25, -0.2) is 9.67 Å². The third kappa shape index (κ3) is 4.40. The van der Waals surface area contributed by atoms with Crippen LogP contribution in [0.25, 0.3) is 5.82 Å². The van der Waals surface area contributed by atoms with Gasteiger partial charge < -0.3 is 4.79 Å². The molecule has 2 aromatic rings. The number of halogens is 3. The molecule has 0 saturated heterocycles. The van der Waals surface area contributed by atoms with Crippen LogP contribution in [0.15, 0.2) is 24.5 Å². The van der Waals surface area contributed by atoms with Crippen LogP contribution in [-0.2, 0) is 23.8 Å². The van der Waals surface area contributed by atoms with Crippen LogP contribution in [-0.4, -0.2) is 21.1 Å². The zero-order valence-electron chi connectivity index (χ0n) is 12.8. The minimum Gasteiger partial charge on any atom is -0.303 e. The van der Waals surface area contributed by atoms with E-state index in [4.69, 9.17) is 0 Å². The first-order chi connectivity index (χ1) is 11.0. The molecule has 0 saturated carbocycles. The van der Waals surface area contributed by atoms with Crippen molar-refractivity contribution >= 4 is 6.29 Å². The van der Waals surface area contributed by atoms with E-state index in [9.17, 15) is 18.0 Å². The van der Waals surface area contributed by atoms with Crippen LogP contribution in [0, 0.1) is 0 Å². The molecule has 0 aliphatic heterocycles. The van der Waals surface area contributed by atoms with Crippen LogP contribution in [0.1, 0.15) is 43.0 Å². The highest BCUT2D eigenvalue weighted by molar-refractivity contribution is 5.49. The smallest absolute Gasteiger partial charge is 0.303 e. The Morgan fingerprint density at radius 1 is 1.26 bits per heavy atom. The lowest BCUT2D eigenvalue weighted by atomic mass is 10.1. The number of carbonyl (C=O) groups is 1. The first-order valence-corrected chi connectivity index (χ1v) is 7.50. The van der Waals surface area contributed by atoms with Crippen LogP contribution in [0.4, 0.5) is 13.2 Å². The Balaban J connectivity index is 2.24. The fourth-order valence-electron chi connectivity index (χ4n) is 2.28. The maximum absolute atomic E-state index is 12.6. The van der Waals surface area contributed by atoms with E-state index in [1.807, 2.05) is 6.92 Å². The van der Waals surface area contributed by atoms with E-state index in [0.717, 1.165) is 49.1 Å². The molecule has 0 N–H and O–H groups in total. The van der Waals surface area contributed by atoms with Crippen LogP contribution >= 0.6 is 0 Å². The molecule has 2 rings (SSSR count). The fourth-order valence-corrected chi connectivity index (χ4v) is 2.28. The molecule has 0 aliphatic rings. The molecular weight excluding hydrogens is 307 g/mol. The number of unbranched alkanes of at least 4 members (excludes halogenated alkanes) is 1. The average Bonchev–Trinajstić information content (AvgIpc) is 2.90. The normalized spacial score (nSPS) is 11.7. The number of aryl methyl sites for hydroxylation is 2. The summed E-state index contributed by atoms with van der Waals surface area (Å²) in [5.74, 6) is 0.344. The van der Waals surface area contributed by atoms with Gasteiger partial charge in [-0.3, -0.25) is 0 Å². The van der Waals surface area contributed by atoms with E-state index in [0.29, 0.717) is 18.7 Å². The van der Waals surface area contributed by atoms with Crippen molar-refractivity contribution in [2.24, 2.45) is 0 Å². The Morgan fingerprint density at radius 2 is 2.04 bits per heavy atom. The molecule has 7 heteroatoms. The Morgan fingerprint density at radius 3 is 2.61 bits per heavy atom. The van der Waals surface area contributed by atoms with E-state index in [2.05, 4.69) is 10.1 Å². The maximum atomic E-state index is 12.6. The number of alkyl halides is 3. The number of rotatable bonds is 7. The SMILES string of the molecule is CCCc1nn(-c2ccc(C(F)(F)F)cn2)cc1CCCC=O. The molecular formula is C16H18F3N3O. The van der Waals surface area contributed by atoms with E-state index < -0.39 is 11.7 Å². The van der Waals surface area contributed by atoms with Gasteiger partial charge >= 0.3 is 6.18 Å². The van der Waals surface area contributed by atoms with Gasteiger partial charge in [-0.1, -0.05) is 13.3 Å². The average molecular weight is 325 g/mol. The van der Waals surface area contributed by atoms with Crippen molar-refractivity contribution in [3.8, 4) is 5.82 Å². The monoisotopic (exact) mass is 325 g/mol. The summed E-state index contributed by atoms with van der Waals surface area (Å²) in [7, 11) is 0. The van der Waals surface area contributed by atoms with Crippen LogP contribution in [0.2, 0.25) is 0 Å². The van der Waals surface area contributed by atoms with Gasteiger partial charge in [0.05, 0.1) is 11.3 Å².